The molecule has 2 saturated heterocycles. The fraction of sp³-hybridized carbons (Fsp3) is 0.259. The van der Waals surface area contributed by atoms with Gasteiger partial charge in [0.25, 0.3) is 11.5 Å². The molecule has 5 aromatic carbocycles. The van der Waals surface area contributed by atoms with Crippen LogP contribution in [-0.4, -0.2) is 80.7 Å². The van der Waals surface area contributed by atoms with Crippen molar-refractivity contribution >= 4 is 42.3 Å². The Bertz CT molecular complexity index is 3410. The van der Waals surface area contributed by atoms with Crippen molar-refractivity contribution in [2.75, 3.05) is 32.8 Å². The number of imidazole rings is 1. The number of rotatable bonds is 19. The fourth-order valence-corrected chi connectivity index (χ4v) is 10.9. The number of phosphoric acid groups is 1. The molecule has 1 unspecified atom stereocenters. The third-order valence-electron chi connectivity index (χ3n) is 13.0. The minimum atomic E-state index is -4.73. The number of nitrogens with zero attached hydrogens (tertiary/aromatic N) is 5. The second-order valence-corrected chi connectivity index (χ2v) is 19.7. The summed E-state index contributed by atoms with van der Waals surface area (Å²) < 4.78 is 68.8. The summed E-state index contributed by atoms with van der Waals surface area (Å²) in [4.78, 5) is 54.6. The lowest BCUT2D eigenvalue weighted by Gasteiger charge is -2.37. The highest BCUT2D eigenvalue weighted by atomic mass is 35.5. The van der Waals surface area contributed by atoms with Crippen LogP contribution in [0.15, 0.2) is 162 Å². The largest absolute Gasteiger partial charge is 0.530 e. The molecule has 6 atom stereocenters. The SMILES string of the molecule is COc1ccc(C(OC[C@@H]2O[C@@H](n3cc(C)c(=O)[nH]c3=O)C[C@@H]2OP(=O)(OC[C@H]2CC[C@H](n3cnc4c(NC(=O)c5ccccc5)ncnc43)O2)Oc2ccccc2Cl)(c2ccccc2)c2ccc(OC)cc2)cc1. The fourth-order valence-electron chi connectivity index (χ4n) is 9.21. The Labute approximate surface area is 434 Å². The van der Waals surface area contributed by atoms with Gasteiger partial charge in [-0.15, -0.1) is 0 Å². The van der Waals surface area contributed by atoms with Crippen LogP contribution in [0.2, 0.25) is 5.02 Å². The van der Waals surface area contributed by atoms with Crippen LogP contribution in [0, 0.1) is 6.92 Å². The number of halogens is 1. The lowest BCUT2D eigenvalue weighted by Crippen LogP contribution is -2.38. The number of benzene rings is 5. The topological polar surface area (TPSA) is 218 Å². The smallest absolute Gasteiger partial charge is 0.497 e. The van der Waals surface area contributed by atoms with E-state index in [4.69, 9.17) is 48.9 Å². The highest BCUT2D eigenvalue weighted by molar-refractivity contribution is 7.49. The number of phosphoric ester groups is 1. The van der Waals surface area contributed by atoms with E-state index in [1.54, 1.807) is 74.5 Å². The van der Waals surface area contributed by atoms with Gasteiger partial charge in [0, 0.05) is 23.7 Å². The van der Waals surface area contributed by atoms with Gasteiger partial charge in [-0.25, -0.2) is 24.3 Å². The van der Waals surface area contributed by atoms with Gasteiger partial charge in [-0.1, -0.05) is 96.5 Å². The molecule has 2 aliphatic rings. The van der Waals surface area contributed by atoms with Crippen molar-refractivity contribution in [1.29, 1.82) is 0 Å². The number of aromatic amines is 1. The van der Waals surface area contributed by atoms with Crippen LogP contribution < -0.4 is 30.6 Å². The predicted molar refractivity (Wildman–Crippen MR) is 276 cm³/mol. The van der Waals surface area contributed by atoms with E-state index >= 15 is 4.57 Å². The number of hydrogen-bond donors (Lipinski definition) is 2. The highest BCUT2D eigenvalue weighted by Gasteiger charge is 2.47. The molecule has 8 aromatic rings. The Morgan fingerprint density at radius 3 is 2.12 bits per heavy atom. The number of amides is 1. The Hall–Kier alpha value is -7.48. The molecule has 0 saturated carbocycles. The molecule has 21 heteroatoms. The van der Waals surface area contributed by atoms with Gasteiger partial charge in [-0.2, -0.15) is 0 Å². The second kappa shape index (κ2) is 22.2. The number of nitrogens with one attached hydrogen (secondary N) is 2. The lowest BCUT2D eigenvalue weighted by molar-refractivity contribution is -0.0944. The maximum atomic E-state index is 15.4. The number of para-hydroxylation sites is 1. The van der Waals surface area contributed by atoms with Gasteiger partial charge < -0.3 is 33.5 Å². The standard InChI is InChI=1S/C54H51ClN7O12P/c1-34-29-61(53(65)60-51(34)63)47-28-44(45(72-47)31-69-54(36-14-8-5-9-15-36,37-18-22-39(67-2)23-19-37)38-20-24-40(68-3)25-21-38)74-75(66,73-43-17-11-10-16-42(43)55)70-30-41-26-27-46(71-41)62-33-58-48-49(56-32-57-50(48)62)59-52(64)35-12-6-4-7-13-35/h4-25,29,32-33,41,44-47H,26-28,30-31H2,1-3H3,(H,60,63,65)(H,56,57,59,64)/t41-,44+,45+,46-,47-,75?/m1/s1. The first-order valence-electron chi connectivity index (χ1n) is 24.0. The third kappa shape index (κ3) is 10.9. The molecule has 75 heavy (non-hydrogen) atoms. The zero-order chi connectivity index (χ0) is 52.1. The van der Waals surface area contributed by atoms with E-state index in [-0.39, 0.29) is 47.7 Å². The van der Waals surface area contributed by atoms with Crippen molar-refractivity contribution in [2.45, 2.75) is 62.6 Å². The van der Waals surface area contributed by atoms with E-state index in [9.17, 15) is 14.4 Å². The highest BCUT2D eigenvalue weighted by Crippen LogP contribution is 2.55. The van der Waals surface area contributed by atoms with Crippen molar-refractivity contribution in [2.24, 2.45) is 0 Å². The number of anilines is 1. The average Bonchev–Trinajstić information content (AvgIpc) is 4.20. The van der Waals surface area contributed by atoms with Crippen molar-refractivity contribution in [3.63, 3.8) is 0 Å². The predicted octanol–water partition coefficient (Wildman–Crippen LogP) is 9.17. The molecule has 0 radical (unpaired) electrons. The Kier molecular flexibility index (Phi) is 15.1. The molecule has 3 aromatic heterocycles. The number of hydrogen-bond acceptors (Lipinski definition) is 15. The summed E-state index contributed by atoms with van der Waals surface area (Å²) in [6.45, 7) is 1.09. The van der Waals surface area contributed by atoms with E-state index in [0.717, 1.165) is 16.7 Å². The van der Waals surface area contributed by atoms with Crippen LogP contribution in [0.5, 0.6) is 17.2 Å². The average molecular weight is 1060 g/mol. The van der Waals surface area contributed by atoms with Gasteiger partial charge in [0.05, 0.1) is 44.9 Å². The Balaban J connectivity index is 0.953. The Morgan fingerprint density at radius 1 is 0.787 bits per heavy atom. The number of methoxy groups -OCH3 is 2. The summed E-state index contributed by atoms with van der Waals surface area (Å²) in [6, 6.07) is 39.8. The van der Waals surface area contributed by atoms with E-state index in [0.29, 0.717) is 41.1 Å². The first-order chi connectivity index (χ1) is 36.4. The molecule has 5 heterocycles. The molecule has 0 spiro atoms. The van der Waals surface area contributed by atoms with E-state index in [2.05, 4.69) is 25.3 Å². The molecule has 386 valence electrons. The Morgan fingerprint density at radius 2 is 1.44 bits per heavy atom. The van der Waals surface area contributed by atoms with Crippen LogP contribution >= 0.6 is 19.4 Å². The summed E-state index contributed by atoms with van der Waals surface area (Å²) in [6.07, 6.45) is 0.695. The van der Waals surface area contributed by atoms with Gasteiger partial charge in [0.1, 0.15) is 53.8 Å². The van der Waals surface area contributed by atoms with E-state index in [1.807, 2.05) is 84.9 Å². The molecule has 0 aliphatic carbocycles. The minimum absolute atomic E-state index is 0.0188. The van der Waals surface area contributed by atoms with Crippen molar-refractivity contribution in [3.05, 3.63) is 206 Å². The molecule has 1 amide bonds. The number of fused-ring (bicyclic) bond motifs is 1. The molecular formula is C54H51ClN7O12P. The van der Waals surface area contributed by atoms with Crippen LogP contribution in [0.4, 0.5) is 5.82 Å². The number of aryl methyl sites for hydroxylation is 1. The summed E-state index contributed by atoms with van der Waals surface area (Å²) in [5, 5.41) is 2.96. The maximum absolute atomic E-state index is 15.4. The second-order valence-electron chi connectivity index (χ2n) is 17.7. The number of H-pyrrole nitrogens is 1. The number of carbonyl (C=O) groups is 1. The van der Waals surface area contributed by atoms with Crippen LogP contribution in [0.1, 0.15) is 64.3 Å². The van der Waals surface area contributed by atoms with Gasteiger partial charge in [0.15, 0.2) is 17.0 Å². The first kappa shape index (κ1) is 51.0. The maximum Gasteiger partial charge on any atom is 0.530 e. The third-order valence-corrected chi connectivity index (χ3v) is 14.8. The van der Waals surface area contributed by atoms with Crippen LogP contribution in [0.3, 0.4) is 0 Å². The number of ether oxygens (including phenoxy) is 5. The summed E-state index contributed by atoms with van der Waals surface area (Å²) in [5.74, 6) is 1.15. The molecule has 10 rings (SSSR count). The van der Waals surface area contributed by atoms with Crippen molar-refractivity contribution < 1.29 is 46.6 Å². The van der Waals surface area contributed by atoms with E-state index in [1.165, 1.54) is 23.2 Å². The van der Waals surface area contributed by atoms with Crippen LogP contribution in [0.25, 0.3) is 11.2 Å². The minimum Gasteiger partial charge on any atom is -0.497 e. The molecule has 2 aliphatic heterocycles. The van der Waals surface area contributed by atoms with Crippen LogP contribution in [-0.2, 0) is 33.4 Å². The number of carbonyl (C=O) groups excluding carboxylic acids is 1. The number of aromatic nitrogens is 6. The summed E-state index contributed by atoms with van der Waals surface area (Å²) in [5.41, 5.74) is 1.13. The zero-order valence-corrected chi connectivity index (χ0v) is 42.5. The van der Waals surface area contributed by atoms with Gasteiger partial charge >= 0.3 is 13.5 Å². The van der Waals surface area contributed by atoms with Crippen molar-refractivity contribution in [1.82, 2.24) is 29.1 Å². The lowest BCUT2D eigenvalue weighted by atomic mass is 9.80. The molecule has 2 N–H and O–H groups in total. The van der Waals surface area contributed by atoms with Gasteiger partial charge in [-0.05, 0) is 85.0 Å². The first-order valence-corrected chi connectivity index (χ1v) is 25.8. The summed E-state index contributed by atoms with van der Waals surface area (Å²) >= 11 is 6.61. The monoisotopic (exact) mass is 1060 g/mol. The molecule has 2 fully saturated rings. The van der Waals surface area contributed by atoms with E-state index < -0.39 is 55.4 Å². The normalized spacial score (nSPS) is 19.4. The van der Waals surface area contributed by atoms with Gasteiger partial charge in [0.2, 0.25) is 0 Å². The molecule has 0 bridgehead atoms. The molecule has 19 nitrogen and oxygen atoms in total. The zero-order valence-electron chi connectivity index (χ0n) is 40.8. The van der Waals surface area contributed by atoms with Crippen molar-refractivity contribution in [3.8, 4) is 17.2 Å². The van der Waals surface area contributed by atoms with Gasteiger partial charge in [-0.3, -0.25) is 32.8 Å². The quantitative estimate of drug-likeness (QED) is 0.0570. The summed E-state index contributed by atoms with van der Waals surface area (Å²) in [7, 11) is -1.55. The molecular weight excluding hydrogens is 1010 g/mol.